The Morgan fingerprint density at radius 2 is 2.18 bits per heavy atom. The number of hydrogen-bond acceptors (Lipinski definition) is 2. The number of nitrogens with two attached hydrogens (primary N) is 1. The maximum atomic E-state index is 9.72. The maximum absolute atomic E-state index is 9.72. The molecule has 1 saturated carbocycles. The van der Waals surface area contributed by atoms with E-state index in [0.29, 0.717) is 11.7 Å². The monoisotopic (exact) mass is 231 g/mol. The summed E-state index contributed by atoms with van der Waals surface area (Å²) in [5.74, 6) is 0.999. The fourth-order valence-corrected chi connectivity index (χ4v) is 3.87. The molecule has 17 heavy (non-hydrogen) atoms. The third kappa shape index (κ3) is 1.58. The van der Waals surface area contributed by atoms with E-state index in [4.69, 9.17) is 5.73 Å². The number of fused-ring (bicyclic) bond motifs is 4. The molecule has 3 rings (SSSR count). The Balaban J connectivity index is 2.16. The summed E-state index contributed by atoms with van der Waals surface area (Å²) in [4.78, 5) is 0. The van der Waals surface area contributed by atoms with Crippen molar-refractivity contribution >= 4 is 0 Å². The first-order valence-electron chi connectivity index (χ1n) is 6.69. The van der Waals surface area contributed by atoms with E-state index in [1.807, 2.05) is 12.1 Å². The third-order valence-electron chi connectivity index (χ3n) is 4.96. The van der Waals surface area contributed by atoms with E-state index in [1.165, 1.54) is 30.4 Å². The van der Waals surface area contributed by atoms with Crippen molar-refractivity contribution in [3.8, 4) is 5.75 Å². The van der Waals surface area contributed by atoms with E-state index in [-0.39, 0.29) is 11.5 Å². The first-order chi connectivity index (χ1) is 8.11. The average Bonchev–Trinajstić information content (AvgIpc) is 2.41. The van der Waals surface area contributed by atoms with Crippen molar-refractivity contribution in [1.29, 1.82) is 0 Å². The molecular weight excluding hydrogens is 210 g/mol. The minimum Gasteiger partial charge on any atom is -0.508 e. The van der Waals surface area contributed by atoms with Gasteiger partial charge in [0.15, 0.2) is 0 Å². The zero-order valence-electron chi connectivity index (χ0n) is 10.4. The lowest BCUT2D eigenvalue weighted by Crippen LogP contribution is -2.51. The molecule has 0 radical (unpaired) electrons. The summed E-state index contributed by atoms with van der Waals surface area (Å²) in [6.07, 6.45) is 6.06. The molecule has 2 aliphatic rings. The second-order valence-electron chi connectivity index (χ2n) is 5.99. The van der Waals surface area contributed by atoms with Gasteiger partial charge in [0.05, 0.1) is 0 Å². The number of phenols is 1. The topological polar surface area (TPSA) is 46.2 Å². The Morgan fingerprint density at radius 1 is 1.35 bits per heavy atom. The Bertz CT molecular complexity index is 443. The Labute approximate surface area is 103 Å². The fourth-order valence-electron chi connectivity index (χ4n) is 3.87. The molecule has 1 aromatic rings. The van der Waals surface area contributed by atoms with Crippen LogP contribution in [0.25, 0.3) is 0 Å². The van der Waals surface area contributed by atoms with Gasteiger partial charge in [0.25, 0.3) is 0 Å². The normalized spacial score (nSPS) is 36.1. The minimum absolute atomic E-state index is 0.0630. The lowest BCUT2D eigenvalue weighted by molar-refractivity contribution is 0.254. The van der Waals surface area contributed by atoms with Gasteiger partial charge in [0.1, 0.15) is 5.75 Å². The molecule has 2 nitrogen and oxygen atoms in total. The highest BCUT2D eigenvalue weighted by atomic mass is 16.3. The molecule has 0 aromatic heterocycles. The Hall–Kier alpha value is -1.02. The molecule has 0 amide bonds. The van der Waals surface area contributed by atoms with Gasteiger partial charge in [-0.2, -0.15) is 0 Å². The summed E-state index contributed by atoms with van der Waals surface area (Å²) in [5.41, 5.74) is 9.26. The number of phenolic OH excluding ortho intramolecular Hbond substituents is 1. The molecule has 2 bridgehead atoms. The van der Waals surface area contributed by atoms with E-state index in [0.717, 1.165) is 12.8 Å². The molecule has 2 unspecified atom stereocenters. The van der Waals surface area contributed by atoms with Crippen LogP contribution < -0.4 is 5.73 Å². The summed E-state index contributed by atoms with van der Waals surface area (Å²) in [7, 11) is 0. The molecule has 0 spiro atoms. The van der Waals surface area contributed by atoms with Crippen LogP contribution in [0.4, 0.5) is 0 Å². The van der Waals surface area contributed by atoms with Crippen LogP contribution in [0.3, 0.4) is 0 Å². The van der Waals surface area contributed by atoms with Crippen molar-refractivity contribution in [2.75, 3.05) is 0 Å². The zero-order chi connectivity index (χ0) is 12.0. The highest BCUT2D eigenvalue weighted by Crippen LogP contribution is 2.46. The van der Waals surface area contributed by atoms with Gasteiger partial charge in [-0.05, 0) is 48.4 Å². The van der Waals surface area contributed by atoms with Gasteiger partial charge in [-0.1, -0.05) is 25.8 Å². The van der Waals surface area contributed by atoms with Crippen LogP contribution in [0.5, 0.6) is 5.75 Å². The smallest absolute Gasteiger partial charge is 0.115 e. The molecule has 0 heterocycles. The van der Waals surface area contributed by atoms with Crippen LogP contribution in [0.1, 0.15) is 43.7 Å². The van der Waals surface area contributed by atoms with Gasteiger partial charge in [0, 0.05) is 11.5 Å². The Morgan fingerprint density at radius 3 is 3.00 bits per heavy atom. The van der Waals surface area contributed by atoms with Crippen LogP contribution in [-0.4, -0.2) is 11.1 Å². The van der Waals surface area contributed by atoms with E-state index >= 15 is 0 Å². The molecule has 0 aliphatic heterocycles. The van der Waals surface area contributed by atoms with Crippen molar-refractivity contribution in [3.63, 3.8) is 0 Å². The molecule has 2 heteroatoms. The van der Waals surface area contributed by atoms with E-state index < -0.39 is 0 Å². The lowest BCUT2D eigenvalue weighted by Gasteiger charge is -2.44. The van der Waals surface area contributed by atoms with Crippen LogP contribution >= 0.6 is 0 Å². The third-order valence-corrected chi connectivity index (χ3v) is 4.96. The van der Waals surface area contributed by atoms with Gasteiger partial charge < -0.3 is 10.8 Å². The minimum atomic E-state index is 0.0630. The first-order valence-corrected chi connectivity index (χ1v) is 6.69. The highest BCUT2D eigenvalue weighted by molar-refractivity contribution is 5.43. The van der Waals surface area contributed by atoms with Crippen LogP contribution in [0.2, 0.25) is 0 Å². The predicted molar refractivity (Wildman–Crippen MR) is 69.1 cm³/mol. The molecule has 3 atom stereocenters. The van der Waals surface area contributed by atoms with Gasteiger partial charge >= 0.3 is 0 Å². The summed E-state index contributed by atoms with van der Waals surface area (Å²) in [5, 5.41) is 9.72. The number of rotatable bonds is 0. The molecule has 92 valence electrons. The number of hydrogen-bond donors (Lipinski definition) is 2. The van der Waals surface area contributed by atoms with E-state index in [2.05, 4.69) is 13.0 Å². The molecule has 0 saturated heterocycles. The second kappa shape index (κ2) is 3.74. The quantitative estimate of drug-likeness (QED) is 0.721. The first kappa shape index (κ1) is 11.1. The van der Waals surface area contributed by atoms with Crippen molar-refractivity contribution in [2.24, 2.45) is 11.7 Å². The molecular formula is C15H21NO. The van der Waals surface area contributed by atoms with E-state index in [1.54, 1.807) is 0 Å². The number of aromatic hydroxyl groups is 1. The summed E-state index contributed by atoms with van der Waals surface area (Å²) >= 11 is 0. The van der Waals surface area contributed by atoms with Gasteiger partial charge in [-0.25, -0.2) is 0 Å². The lowest BCUT2D eigenvalue weighted by atomic mass is 9.63. The standard InChI is InChI=1S/C15H21NO/c1-15-7-3-2-4-11(14(15)16)8-10-5-6-12(17)9-13(10)15/h5-6,9,11,14,17H,2-4,7-8,16H2,1H3/t11?,14?,15-/m0/s1. The molecule has 1 fully saturated rings. The van der Waals surface area contributed by atoms with Crippen LogP contribution in [-0.2, 0) is 11.8 Å². The van der Waals surface area contributed by atoms with Gasteiger partial charge in [-0.15, -0.1) is 0 Å². The summed E-state index contributed by atoms with van der Waals surface area (Å²) in [6.45, 7) is 2.29. The maximum Gasteiger partial charge on any atom is 0.115 e. The SMILES string of the molecule is C[C@]12CCCCC(Cc3ccc(O)cc31)C2N. The van der Waals surface area contributed by atoms with Gasteiger partial charge in [0.2, 0.25) is 0 Å². The zero-order valence-corrected chi connectivity index (χ0v) is 10.4. The average molecular weight is 231 g/mol. The van der Waals surface area contributed by atoms with Crippen LogP contribution in [0, 0.1) is 5.92 Å². The van der Waals surface area contributed by atoms with Crippen molar-refractivity contribution in [3.05, 3.63) is 29.3 Å². The summed E-state index contributed by atoms with van der Waals surface area (Å²) < 4.78 is 0. The highest BCUT2D eigenvalue weighted by Gasteiger charge is 2.44. The number of benzene rings is 1. The Kier molecular flexibility index (Phi) is 2.44. The molecule has 3 N–H and O–H groups in total. The van der Waals surface area contributed by atoms with Crippen molar-refractivity contribution < 1.29 is 5.11 Å². The second-order valence-corrected chi connectivity index (χ2v) is 5.99. The largest absolute Gasteiger partial charge is 0.508 e. The van der Waals surface area contributed by atoms with Crippen LogP contribution in [0.15, 0.2) is 18.2 Å². The predicted octanol–water partition coefficient (Wildman–Crippen LogP) is 2.72. The summed E-state index contributed by atoms with van der Waals surface area (Å²) in [6, 6.07) is 6.09. The fraction of sp³-hybridized carbons (Fsp3) is 0.600. The molecule has 1 aromatic carbocycles. The van der Waals surface area contributed by atoms with Crippen molar-refractivity contribution in [2.45, 2.75) is 50.5 Å². The van der Waals surface area contributed by atoms with Gasteiger partial charge in [-0.3, -0.25) is 0 Å². The molecule has 2 aliphatic carbocycles. The van der Waals surface area contributed by atoms with E-state index in [9.17, 15) is 5.11 Å². The van der Waals surface area contributed by atoms with Crippen molar-refractivity contribution in [1.82, 2.24) is 0 Å².